The number of rotatable bonds is 4. The van der Waals surface area contributed by atoms with Crippen LogP contribution in [0.15, 0.2) is 41.0 Å². The van der Waals surface area contributed by atoms with Crippen molar-refractivity contribution >= 4 is 45.5 Å². The molecule has 4 rings (SSSR count). The summed E-state index contributed by atoms with van der Waals surface area (Å²) in [6.45, 7) is 0.0410. The molecule has 0 saturated carbocycles. The molecule has 0 bridgehead atoms. The van der Waals surface area contributed by atoms with Gasteiger partial charge in [0.05, 0.1) is 6.42 Å². The Kier molecular flexibility index (Phi) is 5.64. The molecule has 1 aromatic heterocycles. The number of piperidine rings is 1. The van der Waals surface area contributed by atoms with E-state index in [9.17, 15) is 24.0 Å². The fourth-order valence-electron chi connectivity index (χ4n) is 3.75. The monoisotopic (exact) mass is 484 g/mol. The molecule has 2 N–H and O–H groups in total. The second kappa shape index (κ2) is 8.38. The molecule has 1 saturated heterocycles. The number of benzene rings is 1. The number of nitrogens with one attached hydrogen (secondary N) is 2. The highest BCUT2D eigenvalue weighted by Crippen LogP contribution is 2.27. The number of hydrogen-bond donors (Lipinski definition) is 2. The Balaban J connectivity index is 1.58. The van der Waals surface area contributed by atoms with Gasteiger partial charge in [-0.05, 0) is 45.6 Å². The molecule has 0 spiro atoms. The Bertz CT molecular complexity index is 1130. The third-order valence-electron chi connectivity index (χ3n) is 5.19. The van der Waals surface area contributed by atoms with Gasteiger partial charge >= 0.3 is 0 Å². The minimum Gasteiger partial charge on any atom is -0.347 e. The summed E-state index contributed by atoms with van der Waals surface area (Å²) in [5.74, 6) is -2.60. The summed E-state index contributed by atoms with van der Waals surface area (Å²) in [5.41, 5.74) is 1.56. The molecule has 1 aromatic carbocycles. The van der Waals surface area contributed by atoms with Crippen LogP contribution in [0.5, 0.6) is 0 Å². The van der Waals surface area contributed by atoms with Crippen molar-refractivity contribution in [1.29, 1.82) is 0 Å². The maximum absolute atomic E-state index is 13.2. The summed E-state index contributed by atoms with van der Waals surface area (Å²) in [6, 6.07) is 8.99. The van der Waals surface area contributed by atoms with Crippen LogP contribution in [0.3, 0.4) is 0 Å². The Morgan fingerprint density at radius 2 is 1.94 bits per heavy atom. The van der Waals surface area contributed by atoms with Gasteiger partial charge in [-0.15, -0.1) is 0 Å². The van der Waals surface area contributed by atoms with E-state index in [-0.39, 0.29) is 37.1 Å². The lowest BCUT2D eigenvalue weighted by molar-refractivity contribution is -0.143. The number of carbonyl (C=O) groups excluding carboxylic acids is 5. The van der Waals surface area contributed by atoms with Gasteiger partial charge in [0, 0.05) is 18.5 Å². The summed E-state index contributed by atoms with van der Waals surface area (Å²) in [6.07, 6.45) is 0.0936. The van der Waals surface area contributed by atoms with Crippen molar-refractivity contribution in [2.24, 2.45) is 0 Å². The average Bonchev–Trinajstić information content (AvgIpc) is 2.73. The highest BCUT2D eigenvalue weighted by Gasteiger charge is 2.42. The Morgan fingerprint density at radius 1 is 1.16 bits per heavy atom. The van der Waals surface area contributed by atoms with Crippen LogP contribution in [0, 0.1) is 0 Å². The highest BCUT2D eigenvalue weighted by molar-refractivity contribution is 9.10. The molecular weight excluding hydrogens is 468 g/mol. The van der Waals surface area contributed by atoms with E-state index in [0.29, 0.717) is 15.7 Å². The molecule has 2 aliphatic heterocycles. The second-order valence-corrected chi connectivity index (χ2v) is 8.00. The van der Waals surface area contributed by atoms with E-state index in [4.69, 9.17) is 0 Å². The van der Waals surface area contributed by atoms with E-state index in [1.165, 1.54) is 0 Å². The number of pyridine rings is 1. The van der Waals surface area contributed by atoms with Crippen LogP contribution in [0.1, 0.15) is 44.8 Å². The molecule has 0 aliphatic carbocycles. The topological polar surface area (TPSA) is 126 Å². The van der Waals surface area contributed by atoms with E-state index < -0.39 is 35.6 Å². The minimum absolute atomic E-state index is 0.0410. The van der Waals surface area contributed by atoms with Crippen molar-refractivity contribution in [2.45, 2.75) is 31.8 Å². The molecule has 1 unspecified atom stereocenters. The van der Waals surface area contributed by atoms with Crippen molar-refractivity contribution < 1.29 is 24.0 Å². The third-order valence-corrected chi connectivity index (χ3v) is 5.63. The number of imide groups is 2. The Labute approximate surface area is 185 Å². The van der Waals surface area contributed by atoms with Crippen molar-refractivity contribution in [1.82, 2.24) is 20.5 Å². The van der Waals surface area contributed by atoms with Crippen molar-refractivity contribution in [3.8, 4) is 0 Å². The first-order valence-electron chi connectivity index (χ1n) is 9.56. The van der Waals surface area contributed by atoms with Gasteiger partial charge in [-0.3, -0.25) is 34.2 Å². The fraction of sp³-hybridized carbons (Fsp3) is 0.238. The van der Waals surface area contributed by atoms with Gasteiger partial charge in [0.15, 0.2) is 0 Å². The molecule has 1 fully saturated rings. The molecule has 9 nitrogen and oxygen atoms in total. The maximum Gasteiger partial charge on any atom is 0.270 e. The van der Waals surface area contributed by atoms with E-state index >= 15 is 0 Å². The number of amides is 5. The predicted molar refractivity (Wildman–Crippen MR) is 111 cm³/mol. The van der Waals surface area contributed by atoms with E-state index in [1.807, 2.05) is 0 Å². The van der Waals surface area contributed by atoms with E-state index in [2.05, 4.69) is 31.5 Å². The Morgan fingerprint density at radius 3 is 2.68 bits per heavy atom. The van der Waals surface area contributed by atoms with Crippen LogP contribution in [0.25, 0.3) is 0 Å². The molecule has 5 amide bonds. The predicted octanol–water partition coefficient (Wildman–Crippen LogP) is 1.10. The first kappa shape index (κ1) is 20.9. The van der Waals surface area contributed by atoms with Crippen molar-refractivity contribution in [3.63, 3.8) is 0 Å². The standard InChI is InChI=1S/C21H17BrN4O5/c22-15-6-2-5-13(24-15)19(29)23-10-12-4-1-3-11-9-17(28)26(21(31)18(11)12)14-7-8-16(27)25-20(14)30/h1-6,14H,7-10H2,(H,23,29)(H,25,27,30). The van der Waals surface area contributed by atoms with E-state index in [1.54, 1.807) is 36.4 Å². The summed E-state index contributed by atoms with van der Waals surface area (Å²) >= 11 is 3.22. The quantitative estimate of drug-likeness (QED) is 0.494. The lowest BCUT2D eigenvalue weighted by atomic mass is 9.91. The zero-order valence-electron chi connectivity index (χ0n) is 16.2. The smallest absolute Gasteiger partial charge is 0.270 e. The van der Waals surface area contributed by atoms with Gasteiger partial charge in [0.2, 0.25) is 17.7 Å². The summed E-state index contributed by atoms with van der Waals surface area (Å²) in [7, 11) is 0. The molecule has 0 radical (unpaired) electrons. The highest BCUT2D eigenvalue weighted by atomic mass is 79.9. The fourth-order valence-corrected chi connectivity index (χ4v) is 4.09. The van der Waals surface area contributed by atoms with Crippen molar-refractivity contribution in [3.05, 3.63) is 63.4 Å². The maximum atomic E-state index is 13.2. The number of nitrogens with zero attached hydrogens (tertiary/aromatic N) is 2. The Hall–Kier alpha value is -3.40. The van der Waals surface area contributed by atoms with Gasteiger partial charge < -0.3 is 5.32 Å². The summed E-state index contributed by atoms with van der Waals surface area (Å²) in [5, 5.41) is 4.91. The third kappa shape index (κ3) is 4.11. The van der Waals surface area contributed by atoms with Crippen LogP contribution >= 0.6 is 15.9 Å². The van der Waals surface area contributed by atoms with Crippen LogP contribution in [-0.2, 0) is 27.3 Å². The number of fused-ring (bicyclic) bond motifs is 1. The normalized spacial score (nSPS) is 18.5. The van der Waals surface area contributed by atoms with Gasteiger partial charge in [0.25, 0.3) is 11.8 Å². The van der Waals surface area contributed by atoms with Crippen LogP contribution in [-0.4, -0.2) is 45.5 Å². The summed E-state index contributed by atoms with van der Waals surface area (Å²) in [4.78, 5) is 67.0. The van der Waals surface area contributed by atoms with Gasteiger partial charge in [-0.1, -0.05) is 24.3 Å². The van der Waals surface area contributed by atoms with Crippen LogP contribution in [0.2, 0.25) is 0 Å². The van der Waals surface area contributed by atoms with Gasteiger partial charge in [-0.2, -0.15) is 0 Å². The summed E-state index contributed by atoms with van der Waals surface area (Å²) < 4.78 is 0.519. The lowest BCUT2D eigenvalue weighted by Crippen LogP contribution is -2.58. The molecule has 3 heterocycles. The number of aromatic nitrogens is 1. The molecular formula is C21H17BrN4O5. The zero-order chi connectivity index (χ0) is 22.1. The lowest BCUT2D eigenvalue weighted by Gasteiger charge is -2.35. The minimum atomic E-state index is -1.03. The molecule has 1 atom stereocenters. The van der Waals surface area contributed by atoms with Crippen molar-refractivity contribution in [2.75, 3.05) is 0 Å². The first-order valence-corrected chi connectivity index (χ1v) is 10.4. The van der Waals surface area contributed by atoms with Gasteiger partial charge in [0.1, 0.15) is 16.3 Å². The molecule has 2 aromatic rings. The van der Waals surface area contributed by atoms with Crippen LogP contribution < -0.4 is 10.6 Å². The van der Waals surface area contributed by atoms with E-state index in [0.717, 1.165) is 4.90 Å². The molecule has 10 heteroatoms. The largest absolute Gasteiger partial charge is 0.347 e. The van der Waals surface area contributed by atoms with Gasteiger partial charge in [-0.25, -0.2) is 4.98 Å². The SMILES string of the molecule is O=C1CCC(N2C(=O)Cc3cccc(CNC(=O)c4cccc(Br)n4)c3C2=O)C(=O)N1. The molecule has 31 heavy (non-hydrogen) atoms. The number of halogens is 1. The van der Waals surface area contributed by atoms with Crippen LogP contribution in [0.4, 0.5) is 0 Å². The average molecular weight is 485 g/mol. The second-order valence-electron chi connectivity index (χ2n) is 7.19. The number of carbonyl (C=O) groups is 5. The zero-order valence-corrected chi connectivity index (χ0v) is 17.8. The molecule has 2 aliphatic rings. The first-order chi connectivity index (χ1) is 14.8. The molecule has 158 valence electrons. The number of hydrogen-bond acceptors (Lipinski definition) is 6.